The summed E-state index contributed by atoms with van der Waals surface area (Å²) in [4.78, 5) is 21.6. The molecule has 5 heteroatoms. The van der Waals surface area contributed by atoms with Crippen molar-refractivity contribution in [2.24, 2.45) is 0 Å². The normalized spacial score (nSPS) is 16.3. The third-order valence-corrected chi connectivity index (χ3v) is 2.34. The number of carbonyl (C=O) groups is 2. The molecule has 1 saturated heterocycles. The molecule has 0 bridgehead atoms. The van der Waals surface area contributed by atoms with Gasteiger partial charge in [0.1, 0.15) is 0 Å². The van der Waals surface area contributed by atoms with Crippen LogP contribution in [0.15, 0.2) is 12.7 Å². The van der Waals surface area contributed by atoms with Gasteiger partial charge in [0.25, 0.3) is 0 Å². The average molecular weight is 187 g/mol. The monoisotopic (exact) mass is 187 g/mol. The van der Waals surface area contributed by atoms with Gasteiger partial charge in [-0.15, -0.1) is 0 Å². The number of rotatable bonds is 3. The van der Waals surface area contributed by atoms with E-state index in [0.717, 1.165) is 11.8 Å². The molecule has 1 heterocycles. The molecule has 0 saturated carbocycles. The first-order chi connectivity index (χ1) is 5.74. The quantitative estimate of drug-likeness (QED) is 0.368. The van der Waals surface area contributed by atoms with Gasteiger partial charge in [-0.3, -0.25) is 9.10 Å². The minimum Gasteiger partial charge on any atom is -0.440 e. The molecule has 4 nitrogen and oxygen atoms in total. The summed E-state index contributed by atoms with van der Waals surface area (Å²) in [5.74, 6) is 0.275. The standard InChI is InChI=1S/C7H9NO3S/c1-2-7(10)11-5-8-6(9)3-4-12-8/h2H,1,3-5H2. The van der Waals surface area contributed by atoms with Crippen molar-refractivity contribution in [1.29, 1.82) is 0 Å². The van der Waals surface area contributed by atoms with Crippen molar-refractivity contribution in [3.8, 4) is 0 Å². The van der Waals surface area contributed by atoms with Gasteiger partial charge in [0.2, 0.25) is 5.91 Å². The maximum absolute atomic E-state index is 11.0. The molecule has 1 fully saturated rings. The predicted octanol–water partition coefficient (Wildman–Crippen LogP) is 0.554. The highest BCUT2D eigenvalue weighted by Crippen LogP contribution is 2.20. The number of hydrogen-bond donors (Lipinski definition) is 0. The summed E-state index contributed by atoms with van der Waals surface area (Å²) in [6.07, 6.45) is 1.60. The van der Waals surface area contributed by atoms with Crippen LogP contribution in [0.3, 0.4) is 0 Å². The van der Waals surface area contributed by atoms with Crippen LogP contribution < -0.4 is 0 Å². The lowest BCUT2D eigenvalue weighted by atomic mass is 10.5. The first-order valence-corrected chi connectivity index (χ1v) is 4.41. The number of esters is 1. The fraction of sp³-hybridized carbons (Fsp3) is 0.429. The molecule has 1 rings (SSSR count). The maximum Gasteiger partial charge on any atom is 0.331 e. The van der Waals surface area contributed by atoms with E-state index in [4.69, 9.17) is 0 Å². The smallest absolute Gasteiger partial charge is 0.331 e. The average Bonchev–Trinajstić information content (AvgIpc) is 2.47. The Bertz CT molecular complexity index is 217. The lowest BCUT2D eigenvalue weighted by Crippen LogP contribution is -2.22. The van der Waals surface area contributed by atoms with Crippen LogP contribution in [-0.2, 0) is 14.3 Å². The lowest BCUT2D eigenvalue weighted by Gasteiger charge is -2.12. The van der Waals surface area contributed by atoms with Crippen LogP contribution in [0, 0.1) is 0 Å². The summed E-state index contributed by atoms with van der Waals surface area (Å²) < 4.78 is 6.10. The summed E-state index contributed by atoms with van der Waals surface area (Å²) in [6.45, 7) is 3.26. The zero-order chi connectivity index (χ0) is 8.97. The molecule has 66 valence electrons. The van der Waals surface area contributed by atoms with Crippen LogP contribution in [0.2, 0.25) is 0 Å². The molecule has 0 atom stereocenters. The second-order valence-electron chi connectivity index (χ2n) is 2.15. The van der Waals surface area contributed by atoms with Crippen LogP contribution in [-0.4, -0.2) is 28.7 Å². The van der Waals surface area contributed by atoms with Crippen molar-refractivity contribution < 1.29 is 14.3 Å². The molecule has 1 aliphatic rings. The topological polar surface area (TPSA) is 46.6 Å². The minimum absolute atomic E-state index is 0.0110. The van der Waals surface area contributed by atoms with Crippen LogP contribution in [0.25, 0.3) is 0 Å². The Kier molecular flexibility index (Phi) is 3.16. The van der Waals surface area contributed by atoms with Crippen molar-refractivity contribution in [3.05, 3.63) is 12.7 Å². The Hall–Kier alpha value is -0.970. The lowest BCUT2D eigenvalue weighted by molar-refractivity contribution is -0.143. The molecule has 12 heavy (non-hydrogen) atoms. The number of hydrogen-bond acceptors (Lipinski definition) is 4. The molecule has 0 spiro atoms. The van der Waals surface area contributed by atoms with Crippen LogP contribution >= 0.6 is 11.9 Å². The van der Waals surface area contributed by atoms with E-state index in [-0.39, 0.29) is 12.6 Å². The zero-order valence-corrected chi connectivity index (χ0v) is 7.30. The van der Waals surface area contributed by atoms with Gasteiger partial charge in [0, 0.05) is 18.2 Å². The summed E-state index contributed by atoms with van der Waals surface area (Å²) in [7, 11) is 0. The molecule has 1 amide bonds. The summed E-state index contributed by atoms with van der Waals surface area (Å²) >= 11 is 1.38. The molecule has 0 unspecified atom stereocenters. The molecule has 0 radical (unpaired) electrons. The van der Waals surface area contributed by atoms with Gasteiger partial charge in [-0.1, -0.05) is 6.58 Å². The van der Waals surface area contributed by atoms with E-state index < -0.39 is 5.97 Å². The van der Waals surface area contributed by atoms with Crippen molar-refractivity contribution in [2.45, 2.75) is 6.42 Å². The molecule has 0 aromatic heterocycles. The predicted molar refractivity (Wildman–Crippen MR) is 45.1 cm³/mol. The van der Waals surface area contributed by atoms with Gasteiger partial charge in [-0.05, 0) is 11.9 Å². The Balaban J connectivity index is 2.27. The minimum atomic E-state index is -0.504. The van der Waals surface area contributed by atoms with Crippen molar-refractivity contribution in [1.82, 2.24) is 4.31 Å². The summed E-state index contributed by atoms with van der Waals surface area (Å²) in [5, 5.41) is 0. The first-order valence-electron chi connectivity index (χ1n) is 3.46. The van der Waals surface area contributed by atoms with Gasteiger partial charge < -0.3 is 4.74 Å². The highest BCUT2D eigenvalue weighted by atomic mass is 32.2. The van der Waals surface area contributed by atoms with Gasteiger partial charge >= 0.3 is 5.97 Å². The van der Waals surface area contributed by atoms with Gasteiger partial charge in [0.05, 0.1) is 0 Å². The highest BCUT2D eigenvalue weighted by Gasteiger charge is 2.21. The Morgan fingerprint density at radius 3 is 3.08 bits per heavy atom. The molecule has 0 aliphatic carbocycles. The Morgan fingerprint density at radius 2 is 2.58 bits per heavy atom. The number of ether oxygens (including phenoxy) is 1. The molecule has 0 aromatic carbocycles. The zero-order valence-electron chi connectivity index (χ0n) is 6.49. The third-order valence-electron chi connectivity index (χ3n) is 1.33. The number of amides is 1. The fourth-order valence-electron chi connectivity index (χ4n) is 0.730. The second kappa shape index (κ2) is 4.15. The van der Waals surface area contributed by atoms with E-state index in [1.165, 1.54) is 16.3 Å². The van der Waals surface area contributed by atoms with Crippen LogP contribution in [0.4, 0.5) is 0 Å². The van der Waals surface area contributed by atoms with E-state index in [0.29, 0.717) is 6.42 Å². The number of nitrogens with zero attached hydrogens (tertiary/aromatic N) is 1. The van der Waals surface area contributed by atoms with Crippen molar-refractivity contribution >= 4 is 23.8 Å². The molecule has 1 aliphatic heterocycles. The second-order valence-corrected chi connectivity index (χ2v) is 3.26. The third kappa shape index (κ3) is 2.27. The van der Waals surface area contributed by atoms with E-state index in [1.54, 1.807) is 0 Å². The van der Waals surface area contributed by atoms with E-state index in [1.807, 2.05) is 0 Å². The number of carbonyl (C=O) groups excluding carboxylic acids is 2. The van der Waals surface area contributed by atoms with Crippen molar-refractivity contribution in [3.63, 3.8) is 0 Å². The van der Waals surface area contributed by atoms with E-state index in [2.05, 4.69) is 11.3 Å². The van der Waals surface area contributed by atoms with Crippen LogP contribution in [0.5, 0.6) is 0 Å². The van der Waals surface area contributed by atoms with Crippen LogP contribution in [0.1, 0.15) is 6.42 Å². The highest BCUT2D eigenvalue weighted by molar-refractivity contribution is 7.97. The Labute approximate surface area is 74.7 Å². The molecule has 0 aromatic rings. The van der Waals surface area contributed by atoms with E-state index in [9.17, 15) is 9.59 Å². The molecule has 0 N–H and O–H groups in total. The molecular weight excluding hydrogens is 178 g/mol. The largest absolute Gasteiger partial charge is 0.440 e. The molecular formula is C7H9NO3S. The first kappa shape index (κ1) is 9.12. The summed E-state index contributed by atoms with van der Waals surface area (Å²) in [5.41, 5.74) is 0. The fourth-order valence-corrected chi connectivity index (χ4v) is 1.58. The van der Waals surface area contributed by atoms with Gasteiger partial charge in [0.15, 0.2) is 6.73 Å². The van der Waals surface area contributed by atoms with Gasteiger partial charge in [-0.2, -0.15) is 0 Å². The Morgan fingerprint density at radius 1 is 1.83 bits per heavy atom. The van der Waals surface area contributed by atoms with Crippen molar-refractivity contribution in [2.75, 3.05) is 12.5 Å². The maximum atomic E-state index is 11.0. The summed E-state index contributed by atoms with van der Waals surface area (Å²) in [6, 6.07) is 0. The van der Waals surface area contributed by atoms with Gasteiger partial charge in [-0.25, -0.2) is 4.79 Å². The van der Waals surface area contributed by atoms with E-state index >= 15 is 0 Å². The SMILES string of the molecule is C=CC(=O)OCN1SCCC1=O.